The first-order chi connectivity index (χ1) is 9.12. The topological polar surface area (TPSA) is 74.7 Å². The van der Waals surface area contributed by atoms with E-state index in [1.165, 1.54) is 23.1 Å². The summed E-state index contributed by atoms with van der Waals surface area (Å²) in [6.07, 6.45) is 0.996. The average molecular weight is 320 g/mol. The monoisotopic (exact) mass is 319 g/mol. The van der Waals surface area contributed by atoms with Crippen molar-refractivity contribution in [3.05, 3.63) is 28.8 Å². The van der Waals surface area contributed by atoms with Crippen LogP contribution in [0.3, 0.4) is 0 Å². The number of aliphatic hydroxyl groups excluding tert-OH is 1. The van der Waals surface area contributed by atoms with Gasteiger partial charge >= 0.3 is 0 Å². The molecule has 1 amide bonds. The standard InChI is InChI=1S/C13H18ClNO4S/c1-9(16)6-7-15(2)13(17)10-4-5-11(14)12(8-10)20(3,18)19/h4-5,8-9,16H,6-7H2,1-3H3. The lowest BCUT2D eigenvalue weighted by atomic mass is 10.2. The maximum absolute atomic E-state index is 12.2. The normalized spacial score (nSPS) is 13.1. The van der Waals surface area contributed by atoms with Crippen LogP contribution in [0.15, 0.2) is 23.1 Å². The van der Waals surface area contributed by atoms with Crippen LogP contribution in [0.25, 0.3) is 0 Å². The van der Waals surface area contributed by atoms with E-state index in [-0.39, 0.29) is 21.4 Å². The van der Waals surface area contributed by atoms with E-state index in [0.717, 1.165) is 6.26 Å². The zero-order valence-corrected chi connectivity index (χ0v) is 13.2. The molecule has 0 bridgehead atoms. The number of aliphatic hydroxyl groups is 1. The lowest BCUT2D eigenvalue weighted by molar-refractivity contribution is 0.0768. The van der Waals surface area contributed by atoms with Gasteiger partial charge in [0.1, 0.15) is 0 Å². The summed E-state index contributed by atoms with van der Waals surface area (Å²) in [6.45, 7) is 2.02. The molecule has 0 aromatic heterocycles. The second kappa shape index (κ2) is 6.56. The molecule has 112 valence electrons. The minimum Gasteiger partial charge on any atom is -0.393 e. The highest BCUT2D eigenvalue weighted by molar-refractivity contribution is 7.90. The Kier molecular flexibility index (Phi) is 5.56. The Balaban J connectivity index is 3.00. The van der Waals surface area contributed by atoms with Crippen LogP contribution in [0.4, 0.5) is 0 Å². The minimum atomic E-state index is -3.48. The average Bonchev–Trinajstić information content (AvgIpc) is 2.34. The van der Waals surface area contributed by atoms with Crippen LogP contribution in [-0.2, 0) is 9.84 Å². The summed E-state index contributed by atoms with van der Waals surface area (Å²) < 4.78 is 23.1. The van der Waals surface area contributed by atoms with Crippen LogP contribution < -0.4 is 0 Å². The van der Waals surface area contributed by atoms with Gasteiger partial charge in [0, 0.05) is 25.4 Å². The molecule has 5 nitrogen and oxygen atoms in total. The molecule has 1 unspecified atom stereocenters. The summed E-state index contributed by atoms with van der Waals surface area (Å²) in [5.41, 5.74) is 0.253. The Hall–Kier alpha value is -1.11. The summed E-state index contributed by atoms with van der Waals surface area (Å²) in [5, 5.41) is 9.30. The summed E-state index contributed by atoms with van der Waals surface area (Å²) in [4.78, 5) is 13.5. The van der Waals surface area contributed by atoms with E-state index < -0.39 is 15.9 Å². The molecule has 20 heavy (non-hydrogen) atoms. The smallest absolute Gasteiger partial charge is 0.253 e. The van der Waals surface area contributed by atoms with Gasteiger partial charge in [0.25, 0.3) is 5.91 Å². The zero-order valence-electron chi connectivity index (χ0n) is 11.6. The number of hydrogen-bond acceptors (Lipinski definition) is 4. The number of carbonyl (C=O) groups is 1. The van der Waals surface area contributed by atoms with Gasteiger partial charge in [-0.15, -0.1) is 0 Å². The second-order valence-corrected chi connectivity index (χ2v) is 7.17. The van der Waals surface area contributed by atoms with Crippen molar-refractivity contribution in [1.82, 2.24) is 4.90 Å². The zero-order chi connectivity index (χ0) is 15.5. The van der Waals surface area contributed by atoms with Crippen LogP contribution in [0.2, 0.25) is 5.02 Å². The molecule has 0 radical (unpaired) electrons. The van der Waals surface area contributed by atoms with Gasteiger partial charge < -0.3 is 10.0 Å². The van der Waals surface area contributed by atoms with Crippen molar-refractivity contribution in [2.24, 2.45) is 0 Å². The molecule has 1 atom stereocenters. The maximum Gasteiger partial charge on any atom is 0.253 e. The predicted molar refractivity (Wildman–Crippen MR) is 77.8 cm³/mol. The SMILES string of the molecule is CC(O)CCN(C)C(=O)c1ccc(Cl)c(S(C)(=O)=O)c1. The molecule has 0 saturated heterocycles. The van der Waals surface area contributed by atoms with Gasteiger partial charge in [0.2, 0.25) is 0 Å². The Morgan fingerprint density at radius 1 is 1.45 bits per heavy atom. The fourth-order valence-corrected chi connectivity index (χ4v) is 2.92. The fraction of sp³-hybridized carbons (Fsp3) is 0.462. The van der Waals surface area contributed by atoms with Crippen LogP contribution in [0.5, 0.6) is 0 Å². The fourth-order valence-electron chi connectivity index (χ4n) is 1.62. The minimum absolute atomic E-state index is 0.0612. The number of benzene rings is 1. The number of nitrogens with zero attached hydrogens (tertiary/aromatic N) is 1. The number of rotatable bonds is 5. The van der Waals surface area contributed by atoms with Gasteiger partial charge in [-0.3, -0.25) is 4.79 Å². The third-order valence-corrected chi connectivity index (χ3v) is 4.38. The van der Waals surface area contributed by atoms with Crippen LogP contribution in [-0.4, -0.2) is 50.3 Å². The third kappa shape index (κ3) is 4.47. The first-order valence-corrected chi connectivity index (χ1v) is 8.33. The quantitative estimate of drug-likeness (QED) is 0.894. The molecular formula is C13H18ClNO4S. The van der Waals surface area contributed by atoms with Crippen molar-refractivity contribution in [2.45, 2.75) is 24.3 Å². The van der Waals surface area contributed by atoms with Gasteiger partial charge in [0.05, 0.1) is 16.0 Å². The van der Waals surface area contributed by atoms with E-state index in [4.69, 9.17) is 11.6 Å². The molecule has 0 spiro atoms. The third-order valence-electron chi connectivity index (χ3n) is 2.81. The molecule has 1 N–H and O–H groups in total. The molecular weight excluding hydrogens is 302 g/mol. The van der Waals surface area contributed by atoms with Gasteiger partial charge in [-0.2, -0.15) is 0 Å². The lowest BCUT2D eigenvalue weighted by Crippen LogP contribution is -2.29. The van der Waals surface area contributed by atoms with Gasteiger partial charge in [-0.05, 0) is 31.5 Å². The highest BCUT2D eigenvalue weighted by Gasteiger charge is 2.18. The van der Waals surface area contributed by atoms with E-state index >= 15 is 0 Å². The molecule has 0 saturated carbocycles. The summed E-state index contributed by atoms with van der Waals surface area (Å²) >= 11 is 5.83. The number of sulfone groups is 1. The molecule has 1 aromatic carbocycles. The number of hydrogen-bond donors (Lipinski definition) is 1. The summed E-state index contributed by atoms with van der Waals surface area (Å²) in [5.74, 6) is -0.313. The number of carbonyl (C=O) groups excluding carboxylic acids is 1. The summed E-state index contributed by atoms with van der Waals surface area (Å²) in [6, 6.07) is 4.16. The van der Waals surface area contributed by atoms with E-state index in [9.17, 15) is 18.3 Å². The van der Waals surface area contributed by atoms with Crippen molar-refractivity contribution < 1.29 is 18.3 Å². The molecule has 0 aliphatic rings. The van der Waals surface area contributed by atoms with E-state index in [1.807, 2.05) is 0 Å². The lowest BCUT2D eigenvalue weighted by Gasteiger charge is -2.18. The van der Waals surface area contributed by atoms with Crippen LogP contribution in [0, 0.1) is 0 Å². The molecule has 0 aliphatic heterocycles. The summed E-state index contributed by atoms with van der Waals surface area (Å²) in [7, 11) is -1.89. The van der Waals surface area contributed by atoms with Crippen molar-refractivity contribution in [3.8, 4) is 0 Å². The van der Waals surface area contributed by atoms with E-state index in [2.05, 4.69) is 0 Å². The maximum atomic E-state index is 12.2. The van der Waals surface area contributed by atoms with Gasteiger partial charge in [-0.25, -0.2) is 8.42 Å². The Bertz CT molecular complexity index is 598. The van der Waals surface area contributed by atoms with Crippen molar-refractivity contribution in [3.63, 3.8) is 0 Å². The van der Waals surface area contributed by atoms with Crippen molar-refractivity contribution in [2.75, 3.05) is 19.8 Å². The molecule has 0 heterocycles. The Labute approximate surface area is 124 Å². The molecule has 0 fully saturated rings. The number of halogens is 1. The molecule has 1 aromatic rings. The van der Waals surface area contributed by atoms with Gasteiger partial charge in [0.15, 0.2) is 9.84 Å². The predicted octanol–water partition coefficient (Wildman–Crippen LogP) is 1.59. The Morgan fingerprint density at radius 2 is 2.05 bits per heavy atom. The Morgan fingerprint density at radius 3 is 2.55 bits per heavy atom. The second-order valence-electron chi connectivity index (χ2n) is 4.78. The van der Waals surface area contributed by atoms with Crippen LogP contribution in [0.1, 0.15) is 23.7 Å². The van der Waals surface area contributed by atoms with E-state index in [1.54, 1.807) is 14.0 Å². The largest absolute Gasteiger partial charge is 0.393 e. The first kappa shape index (κ1) is 16.9. The molecule has 0 aliphatic carbocycles. The van der Waals surface area contributed by atoms with Crippen molar-refractivity contribution in [1.29, 1.82) is 0 Å². The molecule has 7 heteroatoms. The highest BCUT2D eigenvalue weighted by Crippen LogP contribution is 2.23. The van der Waals surface area contributed by atoms with E-state index in [0.29, 0.717) is 13.0 Å². The van der Waals surface area contributed by atoms with Crippen LogP contribution >= 0.6 is 11.6 Å². The molecule has 1 rings (SSSR count). The number of amides is 1. The van der Waals surface area contributed by atoms with Gasteiger partial charge in [-0.1, -0.05) is 11.6 Å². The van der Waals surface area contributed by atoms with Crippen molar-refractivity contribution >= 4 is 27.3 Å². The highest BCUT2D eigenvalue weighted by atomic mass is 35.5. The first-order valence-electron chi connectivity index (χ1n) is 6.06.